The average molecular weight is 217 g/mol. The van der Waals surface area contributed by atoms with E-state index in [2.05, 4.69) is 9.97 Å². The van der Waals surface area contributed by atoms with E-state index in [1.807, 2.05) is 19.1 Å². The molecule has 0 aliphatic heterocycles. The molecular weight excluding hydrogens is 206 g/mol. The predicted octanol–water partition coefficient (Wildman–Crippen LogP) is 0.288. The summed E-state index contributed by atoms with van der Waals surface area (Å²) in [7, 11) is 0. The predicted molar refractivity (Wildman–Crippen MR) is 59.4 cm³/mol. The number of aromatic amines is 1. The maximum Gasteiger partial charge on any atom is 0.328 e. The van der Waals surface area contributed by atoms with E-state index in [1.165, 1.54) is 12.3 Å². The Labute approximate surface area is 91.4 Å². The van der Waals surface area contributed by atoms with Crippen molar-refractivity contribution in [2.24, 2.45) is 0 Å². The lowest BCUT2D eigenvalue weighted by molar-refractivity contribution is 0.683. The Kier molecular flexibility index (Phi) is 2.68. The topological polar surface area (TPSA) is 67.8 Å². The maximum atomic E-state index is 11.4. The molecule has 5 heteroatoms. The molecule has 2 aromatic heterocycles. The lowest BCUT2D eigenvalue weighted by Crippen LogP contribution is -2.34. The molecule has 5 nitrogen and oxygen atoms in total. The Morgan fingerprint density at radius 2 is 2.12 bits per heavy atom. The standard InChI is InChI=1S/C11H11N3O2/c1-8-3-2-4-9(13-8)7-14-10(15)5-6-12-11(14)16/h2-6H,7H2,1H3,(H,12,16). The lowest BCUT2D eigenvalue weighted by Gasteiger charge is -2.03. The van der Waals surface area contributed by atoms with Gasteiger partial charge in [0.1, 0.15) is 0 Å². The van der Waals surface area contributed by atoms with Gasteiger partial charge in [0.25, 0.3) is 5.56 Å². The van der Waals surface area contributed by atoms with Crippen LogP contribution in [-0.2, 0) is 6.54 Å². The fourth-order valence-electron chi connectivity index (χ4n) is 1.45. The van der Waals surface area contributed by atoms with Crippen LogP contribution in [0.3, 0.4) is 0 Å². The molecule has 0 saturated carbocycles. The van der Waals surface area contributed by atoms with Crippen molar-refractivity contribution in [2.75, 3.05) is 0 Å². The molecule has 2 heterocycles. The van der Waals surface area contributed by atoms with Crippen molar-refractivity contribution in [3.63, 3.8) is 0 Å². The molecule has 1 N–H and O–H groups in total. The number of nitrogens with one attached hydrogen (secondary N) is 1. The Bertz CT molecular complexity index is 585. The Balaban J connectivity index is 2.42. The van der Waals surface area contributed by atoms with Crippen molar-refractivity contribution in [2.45, 2.75) is 13.5 Å². The van der Waals surface area contributed by atoms with Crippen LogP contribution in [-0.4, -0.2) is 14.5 Å². The van der Waals surface area contributed by atoms with Gasteiger partial charge in [-0.1, -0.05) is 6.07 Å². The molecule has 16 heavy (non-hydrogen) atoms. The van der Waals surface area contributed by atoms with Crippen LogP contribution >= 0.6 is 0 Å². The SMILES string of the molecule is Cc1cccc(Cn2c(=O)cc[nH]c2=O)n1. The van der Waals surface area contributed by atoms with E-state index in [9.17, 15) is 9.59 Å². The number of H-pyrrole nitrogens is 1. The highest BCUT2D eigenvalue weighted by molar-refractivity contribution is 5.10. The van der Waals surface area contributed by atoms with Crippen LogP contribution in [0, 0.1) is 6.92 Å². The summed E-state index contributed by atoms with van der Waals surface area (Å²) in [5.74, 6) is 0. The lowest BCUT2D eigenvalue weighted by atomic mass is 10.3. The first-order chi connectivity index (χ1) is 7.66. The second kappa shape index (κ2) is 4.14. The summed E-state index contributed by atoms with van der Waals surface area (Å²) in [6.07, 6.45) is 1.34. The molecule has 0 aliphatic carbocycles. The number of rotatable bonds is 2. The quantitative estimate of drug-likeness (QED) is 0.786. The van der Waals surface area contributed by atoms with Crippen LogP contribution in [0.4, 0.5) is 0 Å². The zero-order valence-corrected chi connectivity index (χ0v) is 8.80. The smallest absolute Gasteiger partial charge is 0.314 e. The summed E-state index contributed by atoms with van der Waals surface area (Å²) < 4.78 is 1.11. The molecule has 2 aromatic rings. The van der Waals surface area contributed by atoms with Gasteiger partial charge in [-0.3, -0.25) is 14.3 Å². The molecule has 0 aromatic carbocycles. The highest BCUT2D eigenvalue weighted by Crippen LogP contribution is 1.98. The second-order valence-corrected chi connectivity index (χ2v) is 3.48. The first-order valence-electron chi connectivity index (χ1n) is 4.88. The van der Waals surface area contributed by atoms with E-state index in [1.54, 1.807) is 6.07 Å². The van der Waals surface area contributed by atoms with Crippen molar-refractivity contribution < 1.29 is 0 Å². The Morgan fingerprint density at radius 1 is 1.31 bits per heavy atom. The van der Waals surface area contributed by atoms with E-state index in [4.69, 9.17) is 0 Å². The molecule has 0 amide bonds. The van der Waals surface area contributed by atoms with Gasteiger partial charge in [0.05, 0.1) is 12.2 Å². The minimum atomic E-state index is -0.421. The summed E-state index contributed by atoms with van der Waals surface area (Å²) in [4.78, 5) is 29.5. The van der Waals surface area contributed by atoms with E-state index >= 15 is 0 Å². The molecule has 2 rings (SSSR count). The third-order valence-electron chi connectivity index (χ3n) is 2.21. The van der Waals surface area contributed by atoms with Gasteiger partial charge in [-0.2, -0.15) is 0 Å². The number of hydrogen-bond acceptors (Lipinski definition) is 3. The van der Waals surface area contributed by atoms with Gasteiger partial charge in [-0.15, -0.1) is 0 Å². The van der Waals surface area contributed by atoms with E-state index in [-0.39, 0.29) is 12.1 Å². The van der Waals surface area contributed by atoms with Crippen molar-refractivity contribution in [3.8, 4) is 0 Å². The van der Waals surface area contributed by atoms with Gasteiger partial charge in [0.15, 0.2) is 0 Å². The van der Waals surface area contributed by atoms with Crippen LogP contribution in [0.5, 0.6) is 0 Å². The minimum Gasteiger partial charge on any atom is -0.314 e. The third kappa shape index (κ3) is 2.08. The largest absolute Gasteiger partial charge is 0.328 e. The maximum absolute atomic E-state index is 11.4. The average Bonchev–Trinajstić information content (AvgIpc) is 2.24. The van der Waals surface area contributed by atoms with Crippen LogP contribution in [0.15, 0.2) is 40.1 Å². The molecule has 0 atom stereocenters. The highest BCUT2D eigenvalue weighted by Gasteiger charge is 2.02. The first-order valence-corrected chi connectivity index (χ1v) is 4.88. The second-order valence-electron chi connectivity index (χ2n) is 3.48. The van der Waals surface area contributed by atoms with Gasteiger partial charge in [-0.25, -0.2) is 4.79 Å². The van der Waals surface area contributed by atoms with Crippen molar-refractivity contribution in [1.29, 1.82) is 0 Å². The third-order valence-corrected chi connectivity index (χ3v) is 2.21. The Morgan fingerprint density at radius 3 is 2.81 bits per heavy atom. The Hall–Kier alpha value is -2.17. The molecule has 0 fully saturated rings. The van der Waals surface area contributed by atoms with Crippen LogP contribution in [0.2, 0.25) is 0 Å². The summed E-state index contributed by atoms with van der Waals surface area (Å²) in [6.45, 7) is 2.05. The van der Waals surface area contributed by atoms with E-state index in [0.717, 1.165) is 10.3 Å². The number of aryl methyl sites for hydroxylation is 1. The number of nitrogens with zero attached hydrogens (tertiary/aromatic N) is 2. The first kappa shape index (κ1) is 10.4. The van der Waals surface area contributed by atoms with Crippen molar-refractivity contribution in [3.05, 3.63) is 62.7 Å². The van der Waals surface area contributed by atoms with Crippen molar-refractivity contribution >= 4 is 0 Å². The summed E-state index contributed by atoms with van der Waals surface area (Å²) in [5, 5.41) is 0. The van der Waals surface area contributed by atoms with E-state index < -0.39 is 5.69 Å². The molecule has 0 bridgehead atoms. The molecule has 0 spiro atoms. The van der Waals surface area contributed by atoms with Crippen LogP contribution in [0.1, 0.15) is 11.4 Å². The van der Waals surface area contributed by atoms with Crippen LogP contribution < -0.4 is 11.2 Å². The highest BCUT2D eigenvalue weighted by atomic mass is 16.2. The van der Waals surface area contributed by atoms with Crippen LogP contribution in [0.25, 0.3) is 0 Å². The van der Waals surface area contributed by atoms with Gasteiger partial charge < -0.3 is 4.98 Å². The minimum absolute atomic E-state index is 0.191. The van der Waals surface area contributed by atoms with Gasteiger partial charge in [-0.05, 0) is 19.1 Å². The number of pyridine rings is 1. The molecule has 0 radical (unpaired) electrons. The van der Waals surface area contributed by atoms with Gasteiger partial charge in [0.2, 0.25) is 0 Å². The molecule has 0 unspecified atom stereocenters. The molecule has 0 aliphatic rings. The fourth-order valence-corrected chi connectivity index (χ4v) is 1.45. The van der Waals surface area contributed by atoms with Crippen molar-refractivity contribution in [1.82, 2.24) is 14.5 Å². The van der Waals surface area contributed by atoms with Gasteiger partial charge in [0, 0.05) is 18.0 Å². The fraction of sp³-hybridized carbons (Fsp3) is 0.182. The van der Waals surface area contributed by atoms with Gasteiger partial charge >= 0.3 is 5.69 Å². The molecule has 0 saturated heterocycles. The zero-order chi connectivity index (χ0) is 11.5. The summed E-state index contributed by atoms with van der Waals surface area (Å²) >= 11 is 0. The normalized spacial score (nSPS) is 10.3. The monoisotopic (exact) mass is 217 g/mol. The summed E-state index contributed by atoms with van der Waals surface area (Å²) in [6, 6.07) is 6.81. The number of hydrogen-bond donors (Lipinski definition) is 1. The molecule has 82 valence electrons. The zero-order valence-electron chi connectivity index (χ0n) is 8.80. The molecular formula is C11H11N3O2. The summed E-state index contributed by atoms with van der Waals surface area (Å²) in [5.41, 5.74) is 0.805. The van der Waals surface area contributed by atoms with E-state index in [0.29, 0.717) is 5.69 Å². The number of aromatic nitrogens is 3.